The smallest absolute Gasteiger partial charge is 0.338 e. The van der Waals surface area contributed by atoms with Crippen LogP contribution in [0.4, 0.5) is 5.69 Å². The molecule has 110 valence electrons. The highest BCUT2D eigenvalue weighted by molar-refractivity contribution is 8.00. The maximum Gasteiger partial charge on any atom is 0.338 e. The molecule has 22 heavy (non-hydrogen) atoms. The number of pyridine rings is 1. The first-order chi connectivity index (χ1) is 10.6. The van der Waals surface area contributed by atoms with Gasteiger partial charge in [-0.25, -0.2) is 9.78 Å². The van der Waals surface area contributed by atoms with Gasteiger partial charge in [-0.3, -0.25) is 4.79 Å². The van der Waals surface area contributed by atoms with Crippen molar-refractivity contribution in [1.82, 2.24) is 4.98 Å². The highest BCUT2D eigenvalue weighted by atomic mass is 32.2. The van der Waals surface area contributed by atoms with E-state index in [0.29, 0.717) is 11.3 Å². The highest BCUT2D eigenvalue weighted by Crippen LogP contribution is 2.20. The Balaban J connectivity index is 1.99. The van der Waals surface area contributed by atoms with E-state index in [2.05, 4.69) is 10.3 Å². The van der Waals surface area contributed by atoms with Crippen molar-refractivity contribution in [3.8, 4) is 6.07 Å². The van der Waals surface area contributed by atoms with Gasteiger partial charge in [0.1, 0.15) is 5.03 Å². The summed E-state index contributed by atoms with van der Waals surface area (Å²) in [5, 5.41) is 20.8. The molecule has 0 saturated carbocycles. The number of amides is 1. The number of aromatic carboxylic acids is 1. The standard InChI is InChI=1S/C15H11N3O3S/c16-8-10-3-1-4-11(7-10)18-13(19)9-22-14-12(15(20)21)5-2-6-17-14/h1-7H,9H2,(H,18,19)(H,20,21). The molecule has 1 heterocycles. The second kappa shape index (κ2) is 7.24. The first-order valence-electron chi connectivity index (χ1n) is 6.21. The predicted octanol–water partition coefficient (Wildman–Crippen LogP) is 2.38. The van der Waals surface area contributed by atoms with E-state index in [9.17, 15) is 9.59 Å². The highest BCUT2D eigenvalue weighted by Gasteiger charge is 2.13. The van der Waals surface area contributed by atoms with Crippen LogP contribution in [0.3, 0.4) is 0 Å². The number of benzene rings is 1. The minimum absolute atomic E-state index is 0.0219. The second-order valence-electron chi connectivity index (χ2n) is 4.19. The summed E-state index contributed by atoms with van der Waals surface area (Å²) in [6.07, 6.45) is 1.48. The fourth-order valence-corrected chi connectivity index (χ4v) is 2.45. The van der Waals surface area contributed by atoms with Crippen molar-refractivity contribution in [2.75, 3.05) is 11.1 Å². The van der Waals surface area contributed by atoms with Gasteiger partial charge in [0.2, 0.25) is 5.91 Å². The van der Waals surface area contributed by atoms with E-state index in [1.165, 1.54) is 18.3 Å². The van der Waals surface area contributed by atoms with Crippen LogP contribution in [0.2, 0.25) is 0 Å². The maximum absolute atomic E-state index is 11.9. The fourth-order valence-electron chi connectivity index (χ4n) is 1.67. The molecule has 2 aromatic rings. The maximum atomic E-state index is 11.9. The number of carbonyl (C=O) groups is 2. The number of nitrogens with one attached hydrogen (secondary N) is 1. The molecule has 1 aromatic heterocycles. The van der Waals surface area contributed by atoms with Gasteiger partial charge in [-0.05, 0) is 30.3 Å². The van der Waals surface area contributed by atoms with Crippen molar-refractivity contribution < 1.29 is 14.7 Å². The van der Waals surface area contributed by atoms with Gasteiger partial charge in [-0.1, -0.05) is 17.8 Å². The number of anilines is 1. The lowest BCUT2D eigenvalue weighted by molar-refractivity contribution is -0.113. The van der Waals surface area contributed by atoms with E-state index in [0.717, 1.165) is 11.8 Å². The van der Waals surface area contributed by atoms with Crippen molar-refractivity contribution in [3.63, 3.8) is 0 Å². The summed E-state index contributed by atoms with van der Waals surface area (Å²) >= 11 is 1.04. The van der Waals surface area contributed by atoms with Crippen molar-refractivity contribution >= 4 is 29.3 Å². The Bertz CT molecular complexity index is 756. The summed E-state index contributed by atoms with van der Waals surface area (Å²) in [7, 11) is 0. The normalized spacial score (nSPS) is 9.77. The molecule has 0 bridgehead atoms. The molecular weight excluding hydrogens is 302 g/mol. The van der Waals surface area contributed by atoms with Gasteiger partial charge in [-0.2, -0.15) is 5.26 Å². The largest absolute Gasteiger partial charge is 0.478 e. The van der Waals surface area contributed by atoms with Crippen LogP contribution >= 0.6 is 11.8 Å². The van der Waals surface area contributed by atoms with Gasteiger partial charge in [0.05, 0.1) is 22.9 Å². The number of hydrogen-bond acceptors (Lipinski definition) is 5. The third-order valence-electron chi connectivity index (χ3n) is 2.62. The Morgan fingerprint density at radius 2 is 2.14 bits per heavy atom. The van der Waals surface area contributed by atoms with Crippen molar-refractivity contribution in [3.05, 3.63) is 53.7 Å². The van der Waals surface area contributed by atoms with E-state index in [1.807, 2.05) is 6.07 Å². The molecular formula is C15H11N3O3S. The predicted molar refractivity (Wildman–Crippen MR) is 81.7 cm³/mol. The van der Waals surface area contributed by atoms with E-state index in [1.54, 1.807) is 24.3 Å². The Morgan fingerprint density at radius 3 is 2.86 bits per heavy atom. The summed E-state index contributed by atoms with van der Waals surface area (Å²) < 4.78 is 0. The monoisotopic (exact) mass is 313 g/mol. The number of carboxylic acid groups (broad SMARTS) is 1. The van der Waals surface area contributed by atoms with E-state index in [4.69, 9.17) is 10.4 Å². The van der Waals surface area contributed by atoms with E-state index >= 15 is 0 Å². The number of nitrogens with zero attached hydrogens (tertiary/aromatic N) is 2. The minimum atomic E-state index is -1.09. The zero-order valence-corrected chi connectivity index (χ0v) is 12.1. The number of nitriles is 1. The molecule has 0 aliphatic heterocycles. The molecule has 2 rings (SSSR count). The summed E-state index contributed by atoms with van der Waals surface area (Å²) in [6.45, 7) is 0. The quantitative estimate of drug-likeness (QED) is 0.821. The van der Waals surface area contributed by atoms with Gasteiger partial charge in [0.15, 0.2) is 0 Å². The summed E-state index contributed by atoms with van der Waals surface area (Å²) in [4.78, 5) is 26.9. The lowest BCUT2D eigenvalue weighted by atomic mass is 10.2. The van der Waals surface area contributed by atoms with Crippen molar-refractivity contribution in [1.29, 1.82) is 5.26 Å². The van der Waals surface area contributed by atoms with Crippen LogP contribution in [0, 0.1) is 11.3 Å². The average Bonchev–Trinajstić information content (AvgIpc) is 2.53. The zero-order valence-electron chi connectivity index (χ0n) is 11.3. The van der Waals surface area contributed by atoms with Gasteiger partial charge in [0.25, 0.3) is 0 Å². The SMILES string of the molecule is N#Cc1cccc(NC(=O)CSc2ncccc2C(=O)O)c1. The molecule has 7 heteroatoms. The third kappa shape index (κ3) is 4.07. The summed E-state index contributed by atoms with van der Waals surface area (Å²) in [6, 6.07) is 11.5. The van der Waals surface area contributed by atoms with Crippen LogP contribution in [0.25, 0.3) is 0 Å². The molecule has 0 fully saturated rings. The molecule has 0 aliphatic rings. The van der Waals surface area contributed by atoms with E-state index < -0.39 is 5.97 Å². The first kappa shape index (κ1) is 15.5. The van der Waals surface area contributed by atoms with Crippen LogP contribution in [0.1, 0.15) is 15.9 Å². The number of rotatable bonds is 5. The number of hydrogen-bond donors (Lipinski definition) is 2. The molecule has 0 aliphatic carbocycles. The van der Waals surface area contributed by atoms with Crippen LogP contribution in [0.5, 0.6) is 0 Å². The molecule has 1 aromatic carbocycles. The summed E-state index contributed by atoms with van der Waals surface area (Å²) in [5.41, 5.74) is 1.03. The Kier molecular flexibility index (Phi) is 5.11. The Morgan fingerprint density at radius 1 is 1.32 bits per heavy atom. The molecule has 2 N–H and O–H groups in total. The summed E-state index contributed by atoms with van der Waals surface area (Å²) in [5.74, 6) is -1.37. The minimum Gasteiger partial charge on any atom is -0.478 e. The lowest BCUT2D eigenvalue weighted by Gasteiger charge is -2.06. The Hall–Kier alpha value is -2.85. The molecule has 0 spiro atoms. The third-order valence-corrected chi connectivity index (χ3v) is 3.62. The van der Waals surface area contributed by atoms with Gasteiger partial charge in [-0.15, -0.1) is 0 Å². The molecule has 0 unspecified atom stereocenters. The van der Waals surface area contributed by atoms with Crippen LogP contribution in [-0.2, 0) is 4.79 Å². The number of carboxylic acids is 1. The Labute approximate surface area is 130 Å². The fraction of sp³-hybridized carbons (Fsp3) is 0.0667. The van der Waals surface area contributed by atoms with Crippen LogP contribution < -0.4 is 5.32 Å². The van der Waals surface area contributed by atoms with Crippen molar-refractivity contribution in [2.24, 2.45) is 0 Å². The van der Waals surface area contributed by atoms with Gasteiger partial charge < -0.3 is 10.4 Å². The van der Waals surface area contributed by atoms with Gasteiger partial charge in [0, 0.05) is 11.9 Å². The molecule has 6 nitrogen and oxygen atoms in total. The molecule has 0 radical (unpaired) electrons. The number of carbonyl (C=O) groups excluding carboxylic acids is 1. The van der Waals surface area contributed by atoms with Gasteiger partial charge >= 0.3 is 5.97 Å². The first-order valence-corrected chi connectivity index (χ1v) is 7.20. The second-order valence-corrected chi connectivity index (χ2v) is 5.15. The van der Waals surface area contributed by atoms with Crippen LogP contribution in [0.15, 0.2) is 47.6 Å². The molecule has 1 amide bonds. The number of aromatic nitrogens is 1. The van der Waals surface area contributed by atoms with E-state index in [-0.39, 0.29) is 22.2 Å². The number of thioether (sulfide) groups is 1. The molecule has 0 saturated heterocycles. The molecule has 0 atom stereocenters. The zero-order chi connectivity index (χ0) is 15.9. The topological polar surface area (TPSA) is 103 Å². The van der Waals surface area contributed by atoms with Crippen molar-refractivity contribution in [2.45, 2.75) is 5.03 Å². The van der Waals surface area contributed by atoms with Crippen LogP contribution in [-0.4, -0.2) is 27.7 Å². The average molecular weight is 313 g/mol. The lowest BCUT2D eigenvalue weighted by Crippen LogP contribution is -2.14.